The lowest BCUT2D eigenvalue weighted by Gasteiger charge is -2.09. The summed E-state index contributed by atoms with van der Waals surface area (Å²) in [5, 5.41) is 17.9. The summed E-state index contributed by atoms with van der Waals surface area (Å²) in [6.07, 6.45) is 0. The molecule has 18 heavy (non-hydrogen) atoms. The van der Waals surface area contributed by atoms with Crippen LogP contribution in [0.5, 0.6) is 0 Å². The predicted octanol–water partition coefficient (Wildman–Crippen LogP) is 1.74. The highest BCUT2D eigenvalue weighted by atomic mass is 35.5. The Kier molecular flexibility index (Phi) is 4.30. The summed E-state index contributed by atoms with van der Waals surface area (Å²) >= 11 is 6.14. The maximum absolute atomic E-state index is 9.25. The average molecular weight is 268 g/mol. The molecule has 0 bridgehead atoms. The fourth-order valence-corrected chi connectivity index (χ4v) is 1.93. The van der Waals surface area contributed by atoms with Gasteiger partial charge >= 0.3 is 0 Å². The third-order valence-corrected chi connectivity index (χ3v) is 2.93. The lowest BCUT2D eigenvalue weighted by Crippen LogP contribution is -2.10. The molecule has 0 fully saturated rings. The lowest BCUT2D eigenvalue weighted by molar-refractivity contribution is 0.183. The van der Waals surface area contributed by atoms with Crippen LogP contribution in [0.25, 0.3) is 11.4 Å². The second-order valence-electron chi connectivity index (χ2n) is 3.72. The third-order valence-electron chi connectivity index (χ3n) is 2.60. The van der Waals surface area contributed by atoms with Crippen molar-refractivity contribution in [1.29, 1.82) is 0 Å². The lowest BCUT2D eigenvalue weighted by atomic mass is 10.2. The Hall–Kier alpha value is -1.43. The van der Waals surface area contributed by atoms with Gasteiger partial charge in [-0.2, -0.15) is 0 Å². The summed E-state index contributed by atoms with van der Waals surface area (Å²) < 4.78 is 6.85. The number of hydrogen-bond acceptors (Lipinski definition) is 4. The number of benzene rings is 1. The minimum Gasteiger partial charge on any atom is -0.388 e. The molecule has 1 aromatic heterocycles. The fourth-order valence-electron chi connectivity index (χ4n) is 1.71. The zero-order valence-corrected chi connectivity index (χ0v) is 10.8. The van der Waals surface area contributed by atoms with E-state index in [-0.39, 0.29) is 6.61 Å². The molecule has 0 saturated heterocycles. The molecular formula is C12H14ClN3O2. The highest BCUT2D eigenvalue weighted by Gasteiger charge is 2.14. The number of aromatic nitrogens is 3. The van der Waals surface area contributed by atoms with Gasteiger partial charge in [-0.15, -0.1) is 10.2 Å². The number of halogens is 1. The zero-order chi connectivity index (χ0) is 13.0. The van der Waals surface area contributed by atoms with Crippen LogP contribution in [-0.4, -0.2) is 33.6 Å². The Morgan fingerprint density at radius 3 is 2.78 bits per heavy atom. The average Bonchev–Trinajstić information content (AvgIpc) is 2.79. The Bertz CT molecular complexity index is 528. The minimum absolute atomic E-state index is 0.166. The quantitative estimate of drug-likeness (QED) is 0.896. The standard InChI is InChI=1S/C12H14ClN3O2/c1-18-7-6-16-11(8-17)14-15-12(16)9-4-2-3-5-10(9)13/h2-5,17H,6-8H2,1H3. The molecular weight excluding hydrogens is 254 g/mol. The number of aliphatic hydroxyl groups is 1. The summed E-state index contributed by atoms with van der Waals surface area (Å²) in [6, 6.07) is 7.41. The van der Waals surface area contributed by atoms with Crippen LogP contribution in [0.4, 0.5) is 0 Å². The minimum atomic E-state index is -0.166. The van der Waals surface area contributed by atoms with Gasteiger partial charge in [-0.05, 0) is 12.1 Å². The molecule has 5 nitrogen and oxygen atoms in total. The first-order valence-electron chi connectivity index (χ1n) is 5.54. The molecule has 2 rings (SSSR count). The van der Waals surface area contributed by atoms with E-state index in [1.54, 1.807) is 13.2 Å². The highest BCUT2D eigenvalue weighted by Crippen LogP contribution is 2.26. The number of aliphatic hydroxyl groups excluding tert-OH is 1. The molecule has 0 radical (unpaired) electrons. The van der Waals surface area contributed by atoms with E-state index in [1.165, 1.54) is 0 Å². The van der Waals surface area contributed by atoms with Crippen LogP contribution in [0, 0.1) is 0 Å². The van der Waals surface area contributed by atoms with E-state index in [4.69, 9.17) is 16.3 Å². The maximum Gasteiger partial charge on any atom is 0.165 e. The van der Waals surface area contributed by atoms with Crippen molar-refractivity contribution in [3.8, 4) is 11.4 Å². The van der Waals surface area contributed by atoms with Crippen molar-refractivity contribution in [3.05, 3.63) is 35.1 Å². The second-order valence-corrected chi connectivity index (χ2v) is 4.13. The number of nitrogens with zero attached hydrogens (tertiary/aromatic N) is 3. The molecule has 0 aliphatic carbocycles. The normalized spacial score (nSPS) is 10.8. The summed E-state index contributed by atoms with van der Waals surface area (Å²) in [6.45, 7) is 0.920. The van der Waals surface area contributed by atoms with E-state index in [1.807, 2.05) is 22.8 Å². The molecule has 0 amide bonds. The van der Waals surface area contributed by atoms with E-state index in [2.05, 4.69) is 10.2 Å². The molecule has 0 spiro atoms. The van der Waals surface area contributed by atoms with Crippen molar-refractivity contribution in [2.75, 3.05) is 13.7 Å². The first-order valence-corrected chi connectivity index (χ1v) is 5.92. The first kappa shape index (κ1) is 13.0. The van der Waals surface area contributed by atoms with Gasteiger partial charge in [0.05, 0.1) is 11.6 Å². The van der Waals surface area contributed by atoms with Gasteiger partial charge in [0.2, 0.25) is 0 Å². The van der Waals surface area contributed by atoms with Crippen LogP contribution < -0.4 is 0 Å². The molecule has 1 N–H and O–H groups in total. The molecule has 6 heteroatoms. The molecule has 0 aliphatic rings. The van der Waals surface area contributed by atoms with Gasteiger partial charge in [0.15, 0.2) is 11.6 Å². The predicted molar refractivity (Wildman–Crippen MR) is 68.3 cm³/mol. The molecule has 0 unspecified atom stereocenters. The van der Waals surface area contributed by atoms with Gasteiger partial charge in [-0.1, -0.05) is 23.7 Å². The summed E-state index contributed by atoms with van der Waals surface area (Å²) in [5.74, 6) is 1.14. The molecule has 0 atom stereocenters. The van der Waals surface area contributed by atoms with Gasteiger partial charge < -0.3 is 14.4 Å². The van der Waals surface area contributed by atoms with E-state index in [0.29, 0.717) is 29.8 Å². The van der Waals surface area contributed by atoms with Gasteiger partial charge in [0.25, 0.3) is 0 Å². The summed E-state index contributed by atoms with van der Waals surface area (Å²) in [4.78, 5) is 0. The fraction of sp³-hybridized carbons (Fsp3) is 0.333. The van der Waals surface area contributed by atoms with Crippen LogP contribution in [0.3, 0.4) is 0 Å². The van der Waals surface area contributed by atoms with Crippen LogP contribution >= 0.6 is 11.6 Å². The van der Waals surface area contributed by atoms with Gasteiger partial charge in [0, 0.05) is 19.2 Å². The van der Waals surface area contributed by atoms with Gasteiger partial charge in [0.1, 0.15) is 6.61 Å². The maximum atomic E-state index is 9.25. The number of methoxy groups -OCH3 is 1. The number of rotatable bonds is 5. The zero-order valence-electron chi connectivity index (χ0n) is 10.0. The molecule has 96 valence electrons. The third kappa shape index (κ3) is 2.53. The summed E-state index contributed by atoms with van der Waals surface area (Å²) in [5.41, 5.74) is 0.794. The van der Waals surface area contributed by atoms with E-state index >= 15 is 0 Å². The van der Waals surface area contributed by atoms with E-state index in [9.17, 15) is 5.11 Å². The SMILES string of the molecule is COCCn1c(CO)nnc1-c1ccccc1Cl. The molecule has 2 aromatic rings. The summed E-state index contributed by atoms with van der Waals surface area (Å²) in [7, 11) is 1.62. The number of hydrogen-bond donors (Lipinski definition) is 1. The van der Waals surface area contributed by atoms with Crippen LogP contribution in [0.15, 0.2) is 24.3 Å². The Labute approximate surface area is 110 Å². The highest BCUT2D eigenvalue weighted by molar-refractivity contribution is 6.33. The molecule has 1 aromatic carbocycles. The Balaban J connectivity index is 2.44. The van der Waals surface area contributed by atoms with Crippen molar-refractivity contribution < 1.29 is 9.84 Å². The first-order chi connectivity index (χ1) is 8.77. The number of ether oxygens (including phenoxy) is 1. The van der Waals surface area contributed by atoms with E-state index in [0.717, 1.165) is 5.56 Å². The largest absolute Gasteiger partial charge is 0.388 e. The van der Waals surface area contributed by atoms with Crippen LogP contribution in [0.2, 0.25) is 5.02 Å². The van der Waals surface area contributed by atoms with Gasteiger partial charge in [-0.25, -0.2) is 0 Å². The molecule has 0 aliphatic heterocycles. The van der Waals surface area contributed by atoms with Crippen molar-refractivity contribution >= 4 is 11.6 Å². The molecule has 0 saturated carbocycles. The second kappa shape index (κ2) is 5.95. The molecule has 1 heterocycles. The van der Waals surface area contributed by atoms with Crippen molar-refractivity contribution in [2.24, 2.45) is 0 Å². The van der Waals surface area contributed by atoms with Crippen molar-refractivity contribution in [3.63, 3.8) is 0 Å². The van der Waals surface area contributed by atoms with Crippen molar-refractivity contribution in [1.82, 2.24) is 14.8 Å². The van der Waals surface area contributed by atoms with Crippen LogP contribution in [-0.2, 0) is 17.9 Å². The van der Waals surface area contributed by atoms with Crippen LogP contribution in [0.1, 0.15) is 5.82 Å². The van der Waals surface area contributed by atoms with Crippen molar-refractivity contribution in [2.45, 2.75) is 13.2 Å². The Morgan fingerprint density at radius 2 is 2.11 bits per heavy atom. The topological polar surface area (TPSA) is 60.2 Å². The van der Waals surface area contributed by atoms with E-state index < -0.39 is 0 Å². The monoisotopic (exact) mass is 267 g/mol. The Morgan fingerprint density at radius 1 is 1.33 bits per heavy atom. The smallest absolute Gasteiger partial charge is 0.165 e. The van der Waals surface area contributed by atoms with Gasteiger partial charge in [-0.3, -0.25) is 0 Å².